The number of hydrogen-bond donors (Lipinski definition) is 4. The predicted octanol–water partition coefficient (Wildman–Crippen LogP) is 5.12. The van der Waals surface area contributed by atoms with Crippen molar-refractivity contribution in [3.05, 3.63) is 58.6 Å². The molecule has 0 aliphatic heterocycles. The fraction of sp³-hybridized carbons (Fsp3) is 0.300. The van der Waals surface area contributed by atoms with E-state index in [-0.39, 0.29) is 11.2 Å². The molecule has 0 saturated carbocycles. The maximum atomic E-state index is 14.6. The third-order valence-electron chi connectivity index (χ3n) is 4.06. The SMILES string of the molecule is CNCCN(C)c1cc(F)ccc1Nc1cc(F)c(SNC(C)S/C=C\N)cc1Cl. The van der Waals surface area contributed by atoms with Gasteiger partial charge in [0.2, 0.25) is 0 Å². The van der Waals surface area contributed by atoms with Crippen molar-refractivity contribution < 1.29 is 8.78 Å². The van der Waals surface area contributed by atoms with Crippen LogP contribution in [0.25, 0.3) is 0 Å². The smallest absolute Gasteiger partial charge is 0.140 e. The first-order valence-electron chi connectivity index (χ1n) is 9.21. The number of anilines is 3. The third kappa shape index (κ3) is 7.24. The van der Waals surface area contributed by atoms with Gasteiger partial charge in [-0.25, -0.2) is 13.5 Å². The van der Waals surface area contributed by atoms with Crippen LogP contribution in [0.3, 0.4) is 0 Å². The standard InChI is InChI=1S/C20H26ClF2N5S2/c1-13(29-9-6-24)27-30-20-11-15(21)18(12-16(20)23)26-17-5-4-14(22)10-19(17)28(3)8-7-25-2/h4-6,9-13,25-27H,7-8,24H2,1-3H3/b9-6-. The molecule has 0 bridgehead atoms. The molecule has 0 fully saturated rings. The Labute approximate surface area is 189 Å². The minimum absolute atomic E-state index is 0.0284. The first-order valence-corrected chi connectivity index (χ1v) is 11.3. The zero-order valence-electron chi connectivity index (χ0n) is 17.0. The molecule has 1 unspecified atom stereocenters. The summed E-state index contributed by atoms with van der Waals surface area (Å²) in [5.41, 5.74) is 7.01. The van der Waals surface area contributed by atoms with Crippen LogP contribution in [0.2, 0.25) is 5.02 Å². The van der Waals surface area contributed by atoms with Crippen molar-refractivity contribution in [1.82, 2.24) is 10.0 Å². The molecule has 0 aliphatic rings. The number of rotatable bonds is 11. The number of nitrogens with two attached hydrogens (primary N) is 1. The number of nitrogens with one attached hydrogen (secondary N) is 3. The van der Waals surface area contributed by atoms with E-state index >= 15 is 0 Å². The average Bonchev–Trinajstić information content (AvgIpc) is 2.72. The Kier molecular flexibility index (Phi) is 10.1. The summed E-state index contributed by atoms with van der Waals surface area (Å²) >= 11 is 9.03. The van der Waals surface area contributed by atoms with Gasteiger partial charge in [-0.15, -0.1) is 11.8 Å². The van der Waals surface area contributed by atoms with Crippen LogP contribution in [-0.2, 0) is 0 Å². The van der Waals surface area contributed by atoms with Gasteiger partial charge in [0.05, 0.1) is 32.4 Å². The molecule has 10 heteroatoms. The Morgan fingerprint density at radius 2 is 2.00 bits per heavy atom. The Bertz CT molecular complexity index is 869. The highest BCUT2D eigenvalue weighted by Crippen LogP contribution is 2.35. The fourth-order valence-corrected chi connectivity index (χ4v) is 4.11. The average molecular weight is 474 g/mol. The lowest BCUT2D eigenvalue weighted by Gasteiger charge is -2.23. The first kappa shape index (κ1) is 24.6. The Hall–Kier alpha value is -1.65. The molecule has 2 rings (SSSR count). The van der Waals surface area contributed by atoms with E-state index in [2.05, 4.69) is 15.4 Å². The summed E-state index contributed by atoms with van der Waals surface area (Å²) in [5.74, 6) is -0.767. The summed E-state index contributed by atoms with van der Waals surface area (Å²) in [6, 6.07) is 7.30. The van der Waals surface area contributed by atoms with Gasteiger partial charge in [-0.05, 0) is 55.6 Å². The maximum Gasteiger partial charge on any atom is 0.140 e. The number of thioether (sulfide) groups is 1. The van der Waals surface area contributed by atoms with Crippen LogP contribution in [0.1, 0.15) is 6.92 Å². The van der Waals surface area contributed by atoms with Gasteiger partial charge in [0.15, 0.2) is 0 Å². The van der Waals surface area contributed by atoms with Gasteiger partial charge in [-0.3, -0.25) is 0 Å². The summed E-state index contributed by atoms with van der Waals surface area (Å²) < 4.78 is 31.6. The molecule has 5 nitrogen and oxygen atoms in total. The highest BCUT2D eigenvalue weighted by atomic mass is 35.5. The van der Waals surface area contributed by atoms with E-state index in [0.29, 0.717) is 33.5 Å². The van der Waals surface area contributed by atoms with Crippen molar-refractivity contribution in [2.45, 2.75) is 17.2 Å². The van der Waals surface area contributed by atoms with Crippen molar-refractivity contribution >= 4 is 52.4 Å². The van der Waals surface area contributed by atoms with Gasteiger partial charge < -0.3 is 21.3 Å². The molecule has 0 radical (unpaired) electrons. The molecule has 5 N–H and O–H groups in total. The fourth-order valence-electron chi connectivity index (χ4n) is 2.51. The Balaban J connectivity index is 2.18. The first-order chi connectivity index (χ1) is 14.3. The number of benzene rings is 2. The van der Waals surface area contributed by atoms with Gasteiger partial charge in [-0.2, -0.15) is 0 Å². The molecule has 2 aromatic carbocycles. The van der Waals surface area contributed by atoms with Crippen LogP contribution in [-0.4, -0.2) is 32.6 Å². The van der Waals surface area contributed by atoms with Crippen LogP contribution >= 0.6 is 35.3 Å². The molecule has 164 valence electrons. The predicted molar refractivity (Wildman–Crippen MR) is 128 cm³/mol. The van der Waals surface area contributed by atoms with Gasteiger partial charge in [-0.1, -0.05) is 11.6 Å². The van der Waals surface area contributed by atoms with Crippen LogP contribution < -0.4 is 26.0 Å². The van der Waals surface area contributed by atoms with E-state index in [1.54, 1.807) is 17.5 Å². The molecular weight excluding hydrogens is 448 g/mol. The Morgan fingerprint density at radius 1 is 1.23 bits per heavy atom. The third-order valence-corrected chi connectivity index (χ3v) is 6.36. The van der Waals surface area contributed by atoms with E-state index in [4.69, 9.17) is 17.3 Å². The second-order valence-electron chi connectivity index (χ2n) is 6.40. The summed E-state index contributed by atoms with van der Waals surface area (Å²) in [6.07, 6.45) is 1.45. The van der Waals surface area contributed by atoms with Crippen molar-refractivity contribution in [1.29, 1.82) is 0 Å². The molecule has 2 aromatic rings. The second-order valence-corrected chi connectivity index (χ2v) is 8.94. The topological polar surface area (TPSA) is 65.3 Å². The lowest BCUT2D eigenvalue weighted by molar-refractivity contribution is 0.602. The highest BCUT2D eigenvalue weighted by Gasteiger charge is 2.14. The van der Waals surface area contributed by atoms with Gasteiger partial charge in [0, 0.05) is 32.4 Å². The minimum Gasteiger partial charge on any atom is -0.404 e. The lowest BCUT2D eigenvalue weighted by atomic mass is 10.2. The van der Waals surface area contributed by atoms with E-state index in [9.17, 15) is 8.78 Å². The molecule has 1 atom stereocenters. The number of hydrogen-bond acceptors (Lipinski definition) is 7. The number of halogens is 3. The summed E-state index contributed by atoms with van der Waals surface area (Å²) in [6.45, 7) is 3.35. The molecule has 0 spiro atoms. The van der Waals surface area contributed by atoms with Crippen molar-refractivity contribution in [3.63, 3.8) is 0 Å². The largest absolute Gasteiger partial charge is 0.404 e. The summed E-state index contributed by atoms with van der Waals surface area (Å²) in [4.78, 5) is 2.29. The molecule has 0 aromatic heterocycles. The molecule has 0 heterocycles. The van der Waals surface area contributed by atoms with Gasteiger partial charge >= 0.3 is 0 Å². The van der Waals surface area contributed by atoms with Crippen LogP contribution in [0.4, 0.5) is 25.8 Å². The quantitative estimate of drug-likeness (QED) is 0.267. The van der Waals surface area contributed by atoms with E-state index in [0.717, 1.165) is 18.5 Å². The van der Waals surface area contributed by atoms with Crippen LogP contribution in [0, 0.1) is 11.6 Å². The number of likely N-dealkylation sites (N-methyl/N-ethyl adjacent to an activating group) is 2. The van der Waals surface area contributed by atoms with E-state index in [1.807, 2.05) is 25.9 Å². The van der Waals surface area contributed by atoms with E-state index < -0.39 is 5.82 Å². The molecule has 0 saturated heterocycles. The molecular formula is C20H26ClF2N5S2. The number of nitrogens with zero attached hydrogens (tertiary/aromatic N) is 1. The van der Waals surface area contributed by atoms with Crippen molar-refractivity contribution in [2.24, 2.45) is 5.73 Å². The van der Waals surface area contributed by atoms with Crippen molar-refractivity contribution in [2.75, 3.05) is 37.4 Å². The van der Waals surface area contributed by atoms with Crippen LogP contribution in [0.5, 0.6) is 0 Å². The Morgan fingerprint density at radius 3 is 2.70 bits per heavy atom. The van der Waals surface area contributed by atoms with Gasteiger partial charge in [0.1, 0.15) is 11.6 Å². The maximum absolute atomic E-state index is 14.6. The monoisotopic (exact) mass is 473 g/mol. The molecule has 30 heavy (non-hydrogen) atoms. The second kappa shape index (κ2) is 12.3. The highest BCUT2D eigenvalue weighted by molar-refractivity contribution is 8.04. The van der Waals surface area contributed by atoms with Gasteiger partial charge in [0.25, 0.3) is 0 Å². The van der Waals surface area contributed by atoms with Crippen LogP contribution in [0.15, 0.2) is 46.8 Å². The molecule has 0 aliphatic carbocycles. The van der Waals surface area contributed by atoms with Crippen molar-refractivity contribution in [3.8, 4) is 0 Å². The van der Waals surface area contributed by atoms with E-state index in [1.165, 1.54) is 36.2 Å². The molecule has 0 amide bonds. The zero-order valence-corrected chi connectivity index (χ0v) is 19.4. The normalized spacial score (nSPS) is 12.3. The zero-order chi connectivity index (χ0) is 22.1. The summed E-state index contributed by atoms with van der Waals surface area (Å²) in [5, 5.41) is 8.33. The minimum atomic E-state index is -0.418. The lowest BCUT2D eigenvalue weighted by Crippen LogP contribution is -2.27. The summed E-state index contributed by atoms with van der Waals surface area (Å²) in [7, 11) is 3.72.